The number of ether oxygens (including phenoxy) is 2. The standard InChI is InChI=1S/C28H26ClN3O4/c1-35-24-11-4-2-9-22(24)30-13-15-31(16-14-30)27(33)19-32-23-10-3-5-12-25(23)36-26(28(32)34)18-20-7-6-8-21(29)17-20/h2-12,17-18H,13-16,19H2,1H3. The molecule has 7 nitrogen and oxygen atoms in total. The van der Waals surface area contributed by atoms with Crippen LogP contribution in [0, 0.1) is 0 Å². The molecule has 0 aliphatic carbocycles. The number of halogens is 1. The molecule has 1 saturated heterocycles. The maximum absolute atomic E-state index is 13.4. The van der Waals surface area contributed by atoms with Crippen LogP contribution >= 0.6 is 11.6 Å². The molecule has 0 unspecified atom stereocenters. The lowest BCUT2D eigenvalue weighted by Crippen LogP contribution is -2.52. The molecule has 0 radical (unpaired) electrons. The van der Waals surface area contributed by atoms with Crippen molar-refractivity contribution in [3.05, 3.63) is 89.1 Å². The topological polar surface area (TPSA) is 62.3 Å². The lowest BCUT2D eigenvalue weighted by Gasteiger charge is -2.38. The summed E-state index contributed by atoms with van der Waals surface area (Å²) in [6, 6.07) is 22.3. The van der Waals surface area contributed by atoms with Gasteiger partial charge < -0.3 is 19.3 Å². The van der Waals surface area contributed by atoms with Crippen LogP contribution in [0.25, 0.3) is 6.08 Å². The van der Waals surface area contributed by atoms with Crippen molar-refractivity contribution in [2.75, 3.05) is 49.6 Å². The molecule has 2 heterocycles. The first-order valence-corrected chi connectivity index (χ1v) is 12.1. The Labute approximate surface area is 215 Å². The van der Waals surface area contributed by atoms with Gasteiger partial charge in [-0.15, -0.1) is 0 Å². The summed E-state index contributed by atoms with van der Waals surface area (Å²) in [5.74, 6) is 1.01. The first kappa shape index (κ1) is 23.8. The summed E-state index contributed by atoms with van der Waals surface area (Å²) in [4.78, 5) is 32.2. The largest absolute Gasteiger partial charge is 0.495 e. The van der Waals surface area contributed by atoms with Gasteiger partial charge in [0.2, 0.25) is 5.91 Å². The normalized spacial score (nSPS) is 16.6. The minimum Gasteiger partial charge on any atom is -0.495 e. The fraction of sp³-hybridized carbons (Fsp3) is 0.214. The number of nitrogens with zero attached hydrogens (tertiary/aromatic N) is 3. The van der Waals surface area contributed by atoms with Gasteiger partial charge in [0, 0.05) is 31.2 Å². The number of carbonyl (C=O) groups excluding carboxylic acids is 2. The number of amides is 2. The lowest BCUT2D eigenvalue weighted by molar-refractivity contribution is -0.131. The van der Waals surface area contributed by atoms with E-state index in [2.05, 4.69) is 4.90 Å². The van der Waals surface area contributed by atoms with E-state index in [0.717, 1.165) is 17.0 Å². The van der Waals surface area contributed by atoms with E-state index in [1.807, 2.05) is 48.5 Å². The van der Waals surface area contributed by atoms with E-state index < -0.39 is 0 Å². The van der Waals surface area contributed by atoms with Crippen LogP contribution in [0.1, 0.15) is 5.56 Å². The number of anilines is 2. The van der Waals surface area contributed by atoms with Gasteiger partial charge in [0.15, 0.2) is 11.5 Å². The van der Waals surface area contributed by atoms with Gasteiger partial charge in [-0.25, -0.2) is 0 Å². The minimum atomic E-state index is -0.366. The number of hydrogen-bond acceptors (Lipinski definition) is 5. The molecule has 2 aliphatic rings. The Morgan fingerprint density at radius 2 is 1.69 bits per heavy atom. The van der Waals surface area contributed by atoms with E-state index in [-0.39, 0.29) is 24.1 Å². The summed E-state index contributed by atoms with van der Waals surface area (Å²) in [6.45, 7) is 2.41. The van der Waals surface area contributed by atoms with Crippen molar-refractivity contribution in [3.8, 4) is 11.5 Å². The molecule has 0 spiro atoms. The number of para-hydroxylation sites is 4. The van der Waals surface area contributed by atoms with E-state index >= 15 is 0 Å². The summed E-state index contributed by atoms with van der Waals surface area (Å²) in [6.07, 6.45) is 1.65. The third-order valence-electron chi connectivity index (χ3n) is 6.33. The van der Waals surface area contributed by atoms with E-state index in [4.69, 9.17) is 21.1 Å². The third-order valence-corrected chi connectivity index (χ3v) is 6.57. The van der Waals surface area contributed by atoms with Gasteiger partial charge >= 0.3 is 0 Å². The molecule has 184 valence electrons. The van der Waals surface area contributed by atoms with Crippen LogP contribution in [0.15, 0.2) is 78.6 Å². The predicted octanol–water partition coefficient (Wildman–Crippen LogP) is 4.46. The number of rotatable bonds is 5. The number of carbonyl (C=O) groups is 2. The smallest absolute Gasteiger partial charge is 0.294 e. The zero-order valence-electron chi connectivity index (χ0n) is 19.9. The van der Waals surface area contributed by atoms with Crippen LogP contribution in [-0.4, -0.2) is 56.5 Å². The van der Waals surface area contributed by atoms with Crippen molar-refractivity contribution in [3.63, 3.8) is 0 Å². The molecule has 0 bridgehead atoms. The van der Waals surface area contributed by atoms with Crippen LogP contribution in [0.2, 0.25) is 5.02 Å². The van der Waals surface area contributed by atoms with Crippen LogP contribution in [0.4, 0.5) is 11.4 Å². The van der Waals surface area contributed by atoms with Crippen molar-refractivity contribution in [1.29, 1.82) is 0 Å². The summed E-state index contributed by atoms with van der Waals surface area (Å²) in [7, 11) is 1.66. The third kappa shape index (κ3) is 4.88. The molecule has 1 fully saturated rings. The lowest BCUT2D eigenvalue weighted by atomic mass is 10.1. The van der Waals surface area contributed by atoms with Crippen LogP contribution < -0.4 is 19.3 Å². The van der Waals surface area contributed by atoms with Crippen molar-refractivity contribution in [2.45, 2.75) is 0 Å². The van der Waals surface area contributed by atoms with Gasteiger partial charge in [0.25, 0.3) is 5.91 Å². The van der Waals surface area contributed by atoms with E-state index in [9.17, 15) is 9.59 Å². The first-order chi connectivity index (χ1) is 17.5. The van der Waals surface area contributed by atoms with Crippen molar-refractivity contribution < 1.29 is 19.1 Å². The predicted molar refractivity (Wildman–Crippen MR) is 141 cm³/mol. The summed E-state index contributed by atoms with van der Waals surface area (Å²) in [5, 5.41) is 0.562. The van der Waals surface area contributed by atoms with Crippen LogP contribution in [0.3, 0.4) is 0 Å². The van der Waals surface area contributed by atoms with E-state index in [0.29, 0.717) is 42.6 Å². The summed E-state index contributed by atoms with van der Waals surface area (Å²) >= 11 is 6.10. The Morgan fingerprint density at radius 3 is 2.44 bits per heavy atom. The first-order valence-electron chi connectivity index (χ1n) is 11.8. The number of piperazine rings is 1. The molecular weight excluding hydrogens is 478 g/mol. The second kappa shape index (κ2) is 10.3. The molecule has 0 aromatic heterocycles. The van der Waals surface area contributed by atoms with Gasteiger partial charge in [0.1, 0.15) is 12.3 Å². The maximum Gasteiger partial charge on any atom is 0.294 e. The highest BCUT2D eigenvalue weighted by molar-refractivity contribution is 6.30. The minimum absolute atomic E-state index is 0.0687. The Hall–Kier alpha value is -3.97. The average Bonchev–Trinajstić information content (AvgIpc) is 2.91. The summed E-state index contributed by atoms with van der Waals surface area (Å²) in [5.41, 5.74) is 2.33. The van der Waals surface area contributed by atoms with Gasteiger partial charge in [-0.05, 0) is 48.0 Å². The molecule has 3 aromatic rings. The molecule has 5 rings (SSSR count). The van der Waals surface area contributed by atoms with Crippen LogP contribution in [-0.2, 0) is 9.59 Å². The van der Waals surface area contributed by atoms with Gasteiger partial charge in [-0.3, -0.25) is 14.5 Å². The van der Waals surface area contributed by atoms with Crippen molar-refractivity contribution in [2.24, 2.45) is 0 Å². The molecule has 8 heteroatoms. The molecule has 0 saturated carbocycles. The quantitative estimate of drug-likeness (QED) is 0.481. The number of hydrogen-bond donors (Lipinski definition) is 0. The fourth-order valence-corrected chi connectivity index (χ4v) is 4.69. The average molecular weight is 504 g/mol. The monoisotopic (exact) mass is 503 g/mol. The summed E-state index contributed by atoms with van der Waals surface area (Å²) < 4.78 is 11.4. The van der Waals surface area contributed by atoms with E-state index in [1.165, 1.54) is 4.90 Å². The van der Waals surface area contributed by atoms with Crippen LogP contribution in [0.5, 0.6) is 11.5 Å². The highest BCUT2D eigenvalue weighted by Crippen LogP contribution is 2.36. The highest BCUT2D eigenvalue weighted by atomic mass is 35.5. The Kier molecular flexibility index (Phi) is 6.82. The zero-order valence-corrected chi connectivity index (χ0v) is 20.6. The Bertz CT molecular complexity index is 1320. The molecular formula is C28H26ClN3O4. The molecule has 3 aromatic carbocycles. The zero-order chi connectivity index (χ0) is 25.1. The molecule has 2 amide bonds. The SMILES string of the molecule is COc1ccccc1N1CCN(C(=O)CN2C(=O)C(=Cc3cccc(Cl)c3)Oc3ccccc32)CC1. The maximum atomic E-state index is 13.4. The van der Waals surface area contributed by atoms with E-state index in [1.54, 1.807) is 42.4 Å². The van der Waals surface area contributed by atoms with Gasteiger partial charge in [0.05, 0.1) is 18.5 Å². The molecule has 36 heavy (non-hydrogen) atoms. The Morgan fingerprint density at radius 1 is 0.972 bits per heavy atom. The van der Waals surface area contributed by atoms with Gasteiger partial charge in [-0.1, -0.05) is 48.0 Å². The fourth-order valence-electron chi connectivity index (χ4n) is 4.49. The van der Waals surface area contributed by atoms with Gasteiger partial charge in [-0.2, -0.15) is 0 Å². The number of methoxy groups -OCH3 is 1. The van der Waals surface area contributed by atoms with Crippen molar-refractivity contribution in [1.82, 2.24) is 4.90 Å². The van der Waals surface area contributed by atoms with Crippen molar-refractivity contribution >= 4 is 40.9 Å². The molecule has 0 N–H and O–H groups in total. The number of benzene rings is 3. The second-order valence-electron chi connectivity index (χ2n) is 8.56. The highest BCUT2D eigenvalue weighted by Gasteiger charge is 2.33. The molecule has 0 atom stereocenters. The number of fused-ring (bicyclic) bond motifs is 1. The second-order valence-corrected chi connectivity index (χ2v) is 9.00. The Balaban J connectivity index is 1.32. The molecule has 2 aliphatic heterocycles.